The minimum atomic E-state index is 0.503. The summed E-state index contributed by atoms with van der Waals surface area (Å²) >= 11 is 12.1. The molecular weight excluding hydrogens is 307 g/mol. The standard InChI is InChI=1S/C16H18Cl2N2O/c1-11(2)9-19-10-15-14(18)6-7-16(20-15)21-13-5-3-4-12(17)8-13/h3-8,11,19H,9-10H2,1-2H3. The summed E-state index contributed by atoms with van der Waals surface area (Å²) in [5.41, 5.74) is 0.775. The maximum absolute atomic E-state index is 6.16. The molecule has 5 heteroatoms. The van der Waals surface area contributed by atoms with Gasteiger partial charge in [-0.25, -0.2) is 4.98 Å². The van der Waals surface area contributed by atoms with E-state index in [2.05, 4.69) is 24.1 Å². The summed E-state index contributed by atoms with van der Waals surface area (Å²) in [6.07, 6.45) is 0. The fourth-order valence-corrected chi connectivity index (χ4v) is 2.13. The average molecular weight is 325 g/mol. The van der Waals surface area contributed by atoms with Gasteiger partial charge in [0.2, 0.25) is 5.88 Å². The summed E-state index contributed by atoms with van der Waals surface area (Å²) in [6.45, 7) is 5.84. The highest BCUT2D eigenvalue weighted by atomic mass is 35.5. The van der Waals surface area contributed by atoms with Gasteiger partial charge in [-0.1, -0.05) is 43.1 Å². The minimum absolute atomic E-state index is 0.503. The molecule has 0 radical (unpaired) electrons. The van der Waals surface area contributed by atoms with Crippen molar-refractivity contribution in [1.82, 2.24) is 10.3 Å². The van der Waals surface area contributed by atoms with Crippen molar-refractivity contribution in [2.24, 2.45) is 5.92 Å². The van der Waals surface area contributed by atoms with Gasteiger partial charge in [-0.15, -0.1) is 0 Å². The topological polar surface area (TPSA) is 34.2 Å². The molecule has 112 valence electrons. The van der Waals surface area contributed by atoms with Crippen molar-refractivity contribution < 1.29 is 4.74 Å². The van der Waals surface area contributed by atoms with Crippen molar-refractivity contribution in [2.75, 3.05) is 6.54 Å². The molecule has 21 heavy (non-hydrogen) atoms. The lowest BCUT2D eigenvalue weighted by Crippen LogP contribution is -2.19. The zero-order valence-electron chi connectivity index (χ0n) is 12.1. The summed E-state index contributed by atoms with van der Waals surface area (Å²) in [6, 6.07) is 10.7. The quantitative estimate of drug-likeness (QED) is 0.818. The largest absolute Gasteiger partial charge is 0.439 e. The van der Waals surface area contributed by atoms with Crippen LogP contribution in [0, 0.1) is 5.92 Å². The average Bonchev–Trinajstić information content (AvgIpc) is 2.42. The smallest absolute Gasteiger partial charge is 0.219 e. The number of aromatic nitrogens is 1. The Kier molecular flexibility index (Phi) is 5.85. The van der Waals surface area contributed by atoms with E-state index >= 15 is 0 Å². The molecule has 1 N–H and O–H groups in total. The SMILES string of the molecule is CC(C)CNCc1nc(Oc2cccc(Cl)c2)ccc1Cl. The maximum atomic E-state index is 6.16. The monoisotopic (exact) mass is 324 g/mol. The van der Waals surface area contributed by atoms with Crippen LogP contribution >= 0.6 is 23.2 Å². The Morgan fingerprint density at radius 2 is 2.00 bits per heavy atom. The van der Waals surface area contributed by atoms with Gasteiger partial charge < -0.3 is 10.1 Å². The van der Waals surface area contributed by atoms with Crippen LogP contribution in [0.5, 0.6) is 11.6 Å². The third kappa shape index (κ3) is 5.20. The minimum Gasteiger partial charge on any atom is -0.439 e. The highest BCUT2D eigenvalue weighted by molar-refractivity contribution is 6.31. The molecular formula is C16H18Cl2N2O. The zero-order valence-corrected chi connectivity index (χ0v) is 13.6. The molecule has 1 heterocycles. The Balaban J connectivity index is 2.07. The van der Waals surface area contributed by atoms with Crippen molar-refractivity contribution in [3.05, 3.63) is 52.1 Å². The maximum Gasteiger partial charge on any atom is 0.219 e. The van der Waals surface area contributed by atoms with Crippen LogP contribution in [0.15, 0.2) is 36.4 Å². The molecule has 0 aliphatic rings. The van der Waals surface area contributed by atoms with Gasteiger partial charge in [-0.3, -0.25) is 0 Å². The second-order valence-electron chi connectivity index (χ2n) is 5.16. The summed E-state index contributed by atoms with van der Waals surface area (Å²) in [4.78, 5) is 4.43. The number of benzene rings is 1. The second-order valence-corrected chi connectivity index (χ2v) is 6.01. The summed E-state index contributed by atoms with van der Waals surface area (Å²) in [5.74, 6) is 1.73. The van der Waals surface area contributed by atoms with Crippen molar-refractivity contribution in [1.29, 1.82) is 0 Å². The molecule has 2 aromatic rings. The predicted octanol–water partition coefficient (Wildman–Crippen LogP) is 4.93. The Morgan fingerprint density at radius 1 is 1.19 bits per heavy atom. The molecule has 0 fully saturated rings. The lowest BCUT2D eigenvalue weighted by molar-refractivity contribution is 0.458. The molecule has 1 aromatic carbocycles. The van der Waals surface area contributed by atoms with E-state index in [-0.39, 0.29) is 0 Å². The number of rotatable bonds is 6. The molecule has 0 bridgehead atoms. The molecule has 3 nitrogen and oxygen atoms in total. The van der Waals surface area contributed by atoms with E-state index in [1.807, 2.05) is 12.1 Å². The first kappa shape index (κ1) is 16.1. The predicted molar refractivity (Wildman–Crippen MR) is 87.3 cm³/mol. The number of halogens is 2. The molecule has 0 saturated carbocycles. The number of pyridine rings is 1. The lowest BCUT2D eigenvalue weighted by Gasteiger charge is -2.10. The van der Waals surface area contributed by atoms with Gasteiger partial charge in [0.25, 0.3) is 0 Å². The van der Waals surface area contributed by atoms with Crippen molar-refractivity contribution in [3.63, 3.8) is 0 Å². The summed E-state index contributed by atoms with van der Waals surface area (Å²) in [7, 11) is 0. The van der Waals surface area contributed by atoms with Gasteiger partial charge >= 0.3 is 0 Å². The fraction of sp³-hybridized carbons (Fsp3) is 0.312. The molecule has 0 aliphatic carbocycles. The highest BCUT2D eigenvalue weighted by Gasteiger charge is 2.06. The van der Waals surface area contributed by atoms with Crippen LogP contribution in [0.25, 0.3) is 0 Å². The first-order chi connectivity index (χ1) is 10.0. The number of nitrogens with one attached hydrogen (secondary N) is 1. The molecule has 0 atom stereocenters. The van der Waals surface area contributed by atoms with Crippen molar-refractivity contribution >= 4 is 23.2 Å². The first-order valence-electron chi connectivity index (χ1n) is 6.84. The fourth-order valence-electron chi connectivity index (χ4n) is 1.78. The van der Waals surface area contributed by atoms with E-state index in [1.165, 1.54) is 0 Å². The van der Waals surface area contributed by atoms with E-state index in [0.29, 0.717) is 34.1 Å². The van der Waals surface area contributed by atoms with Crippen LogP contribution in [0.3, 0.4) is 0 Å². The third-order valence-corrected chi connectivity index (χ3v) is 3.34. The summed E-state index contributed by atoms with van der Waals surface area (Å²) in [5, 5.41) is 4.57. The van der Waals surface area contributed by atoms with Crippen LogP contribution in [0.4, 0.5) is 0 Å². The number of hydrogen-bond donors (Lipinski definition) is 1. The van der Waals surface area contributed by atoms with Gasteiger partial charge in [-0.2, -0.15) is 0 Å². The van der Waals surface area contributed by atoms with Crippen LogP contribution in [0.1, 0.15) is 19.5 Å². The molecule has 0 spiro atoms. The van der Waals surface area contributed by atoms with Gasteiger partial charge in [0, 0.05) is 17.6 Å². The third-order valence-electron chi connectivity index (χ3n) is 2.76. The molecule has 0 aliphatic heterocycles. The van der Waals surface area contributed by atoms with Crippen LogP contribution < -0.4 is 10.1 Å². The number of hydrogen-bond acceptors (Lipinski definition) is 3. The van der Waals surface area contributed by atoms with E-state index < -0.39 is 0 Å². The second kappa shape index (κ2) is 7.64. The molecule has 0 amide bonds. The van der Waals surface area contributed by atoms with Crippen LogP contribution in [-0.4, -0.2) is 11.5 Å². The number of ether oxygens (including phenoxy) is 1. The van der Waals surface area contributed by atoms with Gasteiger partial charge in [0.15, 0.2) is 0 Å². The normalized spacial score (nSPS) is 10.9. The van der Waals surface area contributed by atoms with E-state index in [0.717, 1.165) is 12.2 Å². The summed E-state index contributed by atoms with van der Waals surface area (Å²) < 4.78 is 5.70. The molecule has 0 unspecified atom stereocenters. The van der Waals surface area contributed by atoms with E-state index in [9.17, 15) is 0 Å². The Bertz CT molecular complexity index is 603. The number of nitrogens with zero attached hydrogens (tertiary/aromatic N) is 1. The Morgan fingerprint density at radius 3 is 2.71 bits per heavy atom. The van der Waals surface area contributed by atoms with Gasteiger partial charge in [0.05, 0.1) is 10.7 Å². The van der Waals surface area contributed by atoms with Crippen LogP contribution in [-0.2, 0) is 6.54 Å². The van der Waals surface area contributed by atoms with E-state index in [4.69, 9.17) is 27.9 Å². The lowest BCUT2D eigenvalue weighted by atomic mass is 10.2. The van der Waals surface area contributed by atoms with Gasteiger partial charge in [-0.05, 0) is 36.7 Å². The zero-order chi connectivity index (χ0) is 15.2. The Labute approximate surface area is 135 Å². The van der Waals surface area contributed by atoms with Crippen molar-refractivity contribution in [3.8, 4) is 11.6 Å². The van der Waals surface area contributed by atoms with E-state index in [1.54, 1.807) is 24.3 Å². The first-order valence-corrected chi connectivity index (χ1v) is 7.60. The highest BCUT2D eigenvalue weighted by Crippen LogP contribution is 2.25. The molecule has 1 aromatic heterocycles. The van der Waals surface area contributed by atoms with Crippen LogP contribution in [0.2, 0.25) is 10.0 Å². The molecule has 2 rings (SSSR count). The Hall–Kier alpha value is -1.29. The van der Waals surface area contributed by atoms with Crippen molar-refractivity contribution in [2.45, 2.75) is 20.4 Å². The molecule has 0 saturated heterocycles. The van der Waals surface area contributed by atoms with Gasteiger partial charge in [0.1, 0.15) is 5.75 Å².